The number of aryl methyl sites for hydroxylation is 1. The van der Waals surface area contributed by atoms with Gasteiger partial charge in [-0.2, -0.15) is 5.10 Å². The Morgan fingerprint density at radius 1 is 1.03 bits per heavy atom. The standard InChI is InChI=1S/C28H26FN3O2S/c1-18-13-26-20(15-30-32(26)22-9-7-21(29)8-10-22)14-24(18)28-17-31(35(33,34)23-11-12-23)16-25(28)27(28)19-5-3-2-4-6-19/h2-10,13-15,23,25,27H,11-12,16-17H2,1H3/t25-,27-,28+/m0/s1. The van der Waals surface area contributed by atoms with Crippen LogP contribution in [0.2, 0.25) is 0 Å². The van der Waals surface area contributed by atoms with Gasteiger partial charge < -0.3 is 0 Å². The number of hydrogen-bond acceptors (Lipinski definition) is 3. The van der Waals surface area contributed by atoms with Crippen LogP contribution in [0.3, 0.4) is 0 Å². The van der Waals surface area contributed by atoms with Crippen molar-refractivity contribution in [2.45, 2.75) is 36.3 Å². The summed E-state index contributed by atoms with van der Waals surface area (Å²) >= 11 is 0. The second kappa shape index (κ2) is 7.24. The molecule has 0 spiro atoms. The van der Waals surface area contributed by atoms with Gasteiger partial charge in [0.15, 0.2) is 0 Å². The summed E-state index contributed by atoms with van der Waals surface area (Å²) in [5, 5.41) is 5.41. The third kappa shape index (κ3) is 3.07. The minimum Gasteiger partial charge on any atom is -0.233 e. The van der Waals surface area contributed by atoms with E-state index >= 15 is 0 Å². The van der Waals surface area contributed by atoms with E-state index in [0.717, 1.165) is 35.0 Å². The van der Waals surface area contributed by atoms with Crippen molar-refractivity contribution >= 4 is 20.9 Å². The van der Waals surface area contributed by atoms with E-state index in [1.54, 1.807) is 16.4 Å². The first-order valence-corrected chi connectivity index (χ1v) is 13.7. The predicted molar refractivity (Wildman–Crippen MR) is 134 cm³/mol. The van der Waals surface area contributed by atoms with Crippen molar-refractivity contribution in [3.05, 3.63) is 95.4 Å². The number of benzene rings is 3. The van der Waals surface area contributed by atoms with Gasteiger partial charge in [-0.05, 0) is 78.8 Å². The smallest absolute Gasteiger partial charge is 0.217 e. The Balaban J connectivity index is 1.34. The van der Waals surface area contributed by atoms with Gasteiger partial charge in [0.2, 0.25) is 10.0 Å². The van der Waals surface area contributed by atoms with E-state index in [1.807, 2.05) is 16.9 Å². The van der Waals surface area contributed by atoms with E-state index in [-0.39, 0.29) is 22.4 Å². The Labute approximate surface area is 204 Å². The number of sulfonamides is 1. The highest BCUT2D eigenvalue weighted by Crippen LogP contribution is 2.70. The number of rotatable bonds is 5. The molecular weight excluding hydrogens is 461 g/mol. The normalized spacial score (nSPS) is 26.2. The first kappa shape index (κ1) is 21.3. The highest BCUT2D eigenvalue weighted by atomic mass is 32.2. The summed E-state index contributed by atoms with van der Waals surface area (Å²) in [7, 11) is -3.22. The molecular formula is C28H26FN3O2S. The molecule has 7 heteroatoms. The maximum atomic E-state index is 13.4. The summed E-state index contributed by atoms with van der Waals surface area (Å²) in [4.78, 5) is 0. The lowest BCUT2D eigenvalue weighted by Crippen LogP contribution is -2.36. The molecule has 5 nitrogen and oxygen atoms in total. The minimum atomic E-state index is -3.22. The monoisotopic (exact) mass is 487 g/mol. The van der Waals surface area contributed by atoms with Crippen LogP contribution in [0.1, 0.15) is 35.4 Å². The van der Waals surface area contributed by atoms with E-state index in [1.165, 1.54) is 23.3 Å². The van der Waals surface area contributed by atoms with Crippen molar-refractivity contribution < 1.29 is 12.8 Å². The maximum absolute atomic E-state index is 13.4. The number of nitrogens with zero attached hydrogens (tertiary/aromatic N) is 3. The highest BCUT2D eigenvalue weighted by Gasteiger charge is 2.72. The molecule has 1 saturated heterocycles. The van der Waals surface area contributed by atoms with Crippen LogP contribution in [-0.2, 0) is 15.4 Å². The van der Waals surface area contributed by atoms with Crippen LogP contribution in [-0.4, -0.2) is 40.8 Å². The SMILES string of the molecule is Cc1cc2c(cnn2-c2ccc(F)cc2)cc1[C@]12CN(S(=O)(=O)C3CC3)C[C@H]1[C@@H]2c1ccccc1. The molecule has 2 heterocycles. The molecule has 4 aromatic rings. The molecule has 3 fully saturated rings. The first-order chi connectivity index (χ1) is 16.9. The molecule has 2 saturated carbocycles. The maximum Gasteiger partial charge on any atom is 0.217 e. The van der Waals surface area contributed by atoms with Gasteiger partial charge in [0.1, 0.15) is 5.82 Å². The molecule has 3 aliphatic rings. The van der Waals surface area contributed by atoms with E-state index in [9.17, 15) is 12.8 Å². The van der Waals surface area contributed by atoms with Crippen molar-refractivity contribution in [2.75, 3.05) is 13.1 Å². The zero-order valence-corrected chi connectivity index (χ0v) is 20.2. The molecule has 0 unspecified atom stereocenters. The highest BCUT2D eigenvalue weighted by molar-refractivity contribution is 7.90. The molecule has 0 bridgehead atoms. The number of fused-ring (bicyclic) bond motifs is 2. The molecule has 0 radical (unpaired) electrons. The molecule has 0 N–H and O–H groups in total. The van der Waals surface area contributed by atoms with E-state index in [0.29, 0.717) is 19.0 Å². The molecule has 1 aliphatic heterocycles. The van der Waals surface area contributed by atoms with Gasteiger partial charge in [-0.25, -0.2) is 21.8 Å². The summed E-state index contributed by atoms with van der Waals surface area (Å²) in [5.74, 6) is 0.292. The third-order valence-electron chi connectivity index (χ3n) is 8.30. The second-order valence-electron chi connectivity index (χ2n) is 10.3. The Morgan fingerprint density at radius 2 is 1.77 bits per heavy atom. The van der Waals surface area contributed by atoms with Crippen molar-refractivity contribution in [2.24, 2.45) is 5.92 Å². The van der Waals surface area contributed by atoms with Crippen molar-refractivity contribution in [1.29, 1.82) is 0 Å². The molecule has 3 aromatic carbocycles. The largest absolute Gasteiger partial charge is 0.233 e. The van der Waals surface area contributed by atoms with Crippen LogP contribution < -0.4 is 0 Å². The summed E-state index contributed by atoms with van der Waals surface area (Å²) in [6.07, 6.45) is 3.42. The van der Waals surface area contributed by atoms with Crippen LogP contribution in [0.5, 0.6) is 0 Å². The van der Waals surface area contributed by atoms with Gasteiger partial charge in [0, 0.05) is 29.8 Å². The summed E-state index contributed by atoms with van der Waals surface area (Å²) < 4.78 is 43.3. The van der Waals surface area contributed by atoms with Crippen molar-refractivity contribution in [3.8, 4) is 5.69 Å². The minimum absolute atomic E-state index is 0.190. The van der Waals surface area contributed by atoms with Crippen molar-refractivity contribution in [3.63, 3.8) is 0 Å². The van der Waals surface area contributed by atoms with E-state index < -0.39 is 10.0 Å². The molecule has 7 rings (SSSR count). The van der Waals surface area contributed by atoms with Crippen LogP contribution in [0.4, 0.5) is 4.39 Å². The predicted octanol–water partition coefficient (Wildman–Crippen LogP) is 4.93. The molecule has 3 atom stereocenters. The van der Waals surface area contributed by atoms with Gasteiger partial charge in [-0.3, -0.25) is 0 Å². The van der Waals surface area contributed by atoms with E-state index in [2.05, 4.69) is 48.4 Å². The van der Waals surface area contributed by atoms with E-state index in [4.69, 9.17) is 0 Å². The quantitative estimate of drug-likeness (QED) is 0.401. The molecule has 2 aliphatic carbocycles. The average molecular weight is 488 g/mol. The van der Waals surface area contributed by atoms with Gasteiger partial charge in [-0.15, -0.1) is 0 Å². The number of hydrogen-bond donors (Lipinski definition) is 0. The number of piperidine rings is 1. The van der Waals surface area contributed by atoms with Gasteiger partial charge in [0.25, 0.3) is 0 Å². The van der Waals surface area contributed by atoms with Gasteiger partial charge >= 0.3 is 0 Å². The zero-order chi connectivity index (χ0) is 23.9. The molecule has 35 heavy (non-hydrogen) atoms. The number of halogens is 1. The second-order valence-corrected chi connectivity index (χ2v) is 12.5. The van der Waals surface area contributed by atoms with Crippen LogP contribution >= 0.6 is 0 Å². The lowest BCUT2D eigenvalue weighted by Gasteiger charge is -2.25. The Bertz CT molecular complexity index is 1560. The molecule has 1 aromatic heterocycles. The lowest BCUT2D eigenvalue weighted by molar-refractivity contribution is 0.420. The number of aromatic nitrogens is 2. The molecule has 178 valence electrons. The topological polar surface area (TPSA) is 55.2 Å². The van der Waals surface area contributed by atoms with Crippen LogP contribution in [0, 0.1) is 18.7 Å². The summed E-state index contributed by atoms with van der Waals surface area (Å²) in [5.41, 5.74) is 5.18. The Kier molecular flexibility index (Phi) is 4.40. The fourth-order valence-corrected chi connectivity index (χ4v) is 8.37. The summed E-state index contributed by atoms with van der Waals surface area (Å²) in [6, 6.07) is 21.2. The van der Waals surface area contributed by atoms with Crippen molar-refractivity contribution in [1.82, 2.24) is 14.1 Å². The van der Waals surface area contributed by atoms with Gasteiger partial charge in [0.05, 0.1) is 22.7 Å². The Morgan fingerprint density at radius 3 is 2.49 bits per heavy atom. The average Bonchev–Trinajstić information content (AvgIpc) is 3.74. The summed E-state index contributed by atoms with van der Waals surface area (Å²) in [6.45, 7) is 3.24. The van der Waals surface area contributed by atoms with Gasteiger partial charge in [-0.1, -0.05) is 30.3 Å². The lowest BCUT2D eigenvalue weighted by atomic mass is 9.87. The fraction of sp³-hybridized carbons (Fsp3) is 0.321. The van der Waals surface area contributed by atoms with Crippen LogP contribution in [0.25, 0.3) is 16.6 Å². The molecule has 0 amide bonds. The van der Waals surface area contributed by atoms with Crippen LogP contribution in [0.15, 0.2) is 72.9 Å². The third-order valence-corrected chi connectivity index (χ3v) is 10.6. The zero-order valence-electron chi connectivity index (χ0n) is 19.4. The fourth-order valence-electron chi connectivity index (χ4n) is 6.46. The Hall–Kier alpha value is -3.03. The first-order valence-electron chi connectivity index (χ1n) is 12.2.